The number of hydrogen-bond acceptors (Lipinski definition) is 4. The van der Waals surface area contributed by atoms with Gasteiger partial charge in [-0.2, -0.15) is 5.11 Å². The van der Waals surface area contributed by atoms with Gasteiger partial charge in [-0.3, -0.25) is 4.79 Å². The summed E-state index contributed by atoms with van der Waals surface area (Å²) in [6, 6.07) is 11.0. The van der Waals surface area contributed by atoms with E-state index in [0.717, 1.165) is 0 Å². The number of pyridine rings is 1. The summed E-state index contributed by atoms with van der Waals surface area (Å²) in [5.74, 6) is 0.582. The molecule has 6 nitrogen and oxygen atoms in total. The number of azo groups is 1. The minimum atomic E-state index is -0.307. The van der Waals surface area contributed by atoms with E-state index in [-0.39, 0.29) is 11.2 Å². The molecule has 0 atom stereocenters. The van der Waals surface area contributed by atoms with E-state index in [9.17, 15) is 4.79 Å². The highest BCUT2D eigenvalue weighted by Crippen LogP contribution is 2.25. The van der Waals surface area contributed by atoms with Gasteiger partial charge in [0.2, 0.25) is 0 Å². The number of aromatic amines is 2. The average molecular weight is 265 g/mol. The topological polar surface area (TPSA) is 86.3 Å². The maximum absolute atomic E-state index is 11.9. The lowest BCUT2D eigenvalue weighted by molar-refractivity contribution is 1.14. The van der Waals surface area contributed by atoms with Crippen molar-refractivity contribution >= 4 is 11.4 Å². The quantitative estimate of drug-likeness (QED) is 0.712. The molecule has 0 unspecified atom stereocenters. The number of rotatable bonds is 3. The van der Waals surface area contributed by atoms with Gasteiger partial charge in [-0.25, -0.2) is 4.98 Å². The molecule has 98 valence electrons. The van der Waals surface area contributed by atoms with Crippen LogP contribution in [0.2, 0.25) is 0 Å². The van der Waals surface area contributed by atoms with Crippen molar-refractivity contribution in [3.63, 3.8) is 0 Å². The zero-order chi connectivity index (χ0) is 13.8. The Morgan fingerprint density at radius 1 is 0.950 bits per heavy atom. The molecule has 3 aromatic rings. The Balaban J connectivity index is 2.05. The summed E-state index contributed by atoms with van der Waals surface area (Å²) in [5.41, 5.74) is 1.21. The summed E-state index contributed by atoms with van der Waals surface area (Å²) in [6.45, 7) is 0. The van der Waals surface area contributed by atoms with Crippen LogP contribution in [0.5, 0.6) is 0 Å². The minimum Gasteiger partial charge on any atom is -0.345 e. The smallest absolute Gasteiger partial charge is 0.276 e. The molecule has 0 bridgehead atoms. The van der Waals surface area contributed by atoms with Crippen molar-refractivity contribution in [3.8, 4) is 11.4 Å². The Labute approximate surface area is 114 Å². The van der Waals surface area contributed by atoms with Crippen molar-refractivity contribution in [2.45, 2.75) is 0 Å². The fourth-order valence-electron chi connectivity index (χ4n) is 1.78. The van der Waals surface area contributed by atoms with Gasteiger partial charge >= 0.3 is 0 Å². The van der Waals surface area contributed by atoms with Crippen LogP contribution in [0, 0.1) is 0 Å². The van der Waals surface area contributed by atoms with Crippen LogP contribution in [0.3, 0.4) is 0 Å². The molecule has 0 saturated carbocycles. The Hall–Kier alpha value is -3.02. The van der Waals surface area contributed by atoms with E-state index in [2.05, 4.69) is 25.2 Å². The van der Waals surface area contributed by atoms with Crippen LogP contribution in [0.25, 0.3) is 11.4 Å². The van der Waals surface area contributed by atoms with Crippen molar-refractivity contribution in [2.75, 3.05) is 0 Å². The molecule has 1 aromatic carbocycles. The highest BCUT2D eigenvalue weighted by atomic mass is 16.1. The molecule has 0 aliphatic carbocycles. The monoisotopic (exact) mass is 265 g/mol. The van der Waals surface area contributed by atoms with Crippen LogP contribution in [-0.4, -0.2) is 15.0 Å². The van der Waals surface area contributed by atoms with Gasteiger partial charge in [0.05, 0.1) is 11.3 Å². The van der Waals surface area contributed by atoms with Crippen LogP contribution in [0.4, 0.5) is 11.4 Å². The lowest BCUT2D eigenvalue weighted by Crippen LogP contribution is -2.05. The maximum Gasteiger partial charge on any atom is 0.276 e. The first-order valence-corrected chi connectivity index (χ1v) is 6.03. The second-order valence-corrected chi connectivity index (χ2v) is 4.04. The fraction of sp³-hybridized carbons (Fsp3) is 0. The Bertz CT molecular complexity index is 775. The van der Waals surface area contributed by atoms with E-state index in [1.807, 2.05) is 30.3 Å². The third kappa shape index (κ3) is 2.39. The van der Waals surface area contributed by atoms with Crippen molar-refractivity contribution in [3.05, 3.63) is 65.3 Å². The molecule has 0 fully saturated rings. The van der Waals surface area contributed by atoms with Gasteiger partial charge in [-0.05, 0) is 18.2 Å². The van der Waals surface area contributed by atoms with E-state index < -0.39 is 0 Å². The van der Waals surface area contributed by atoms with E-state index >= 15 is 0 Å². The Morgan fingerprint density at radius 3 is 2.55 bits per heavy atom. The molecule has 0 amide bonds. The molecule has 0 radical (unpaired) electrons. The molecule has 2 aromatic heterocycles. The van der Waals surface area contributed by atoms with Crippen molar-refractivity contribution in [1.82, 2.24) is 15.0 Å². The summed E-state index contributed by atoms with van der Waals surface area (Å²) in [4.78, 5) is 21.6. The highest BCUT2D eigenvalue weighted by molar-refractivity contribution is 5.69. The third-order valence-corrected chi connectivity index (χ3v) is 2.71. The van der Waals surface area contributed by atoms with Crippen molar-refractivity contribution < 1.29 is 0 Å². The van der Waals surface area contributed by atoms with Crippen LogP contribution in [-0.2, 0) is 0 Å². The van der Waals surface area contributed by atoms with E-state index in [0.29, 0.717) is 17.1 Å². The number of benzene rings is 1. The third-order valence-electron chi connectivity index (χ3n) is 2.71. The summed E-state index contributed by atoms with van der Waals surface area (Å²) >= 11 is 0. The van der Waals surface area contributed by atoms with Gasteiger partial charge in [-0.1, -0.05) is 18.2 Å². The van der Waals surface area contributed by atoms with Crippen molar-refractivity contribution in [2.24, 2.45) is 10.2 Å². The second kappa shape index (κ2) is 5.31. The van der Waals surface area contributed by atoms with Gasteiger partial charge in [0, 0.05) is 18.6 Å². The van der Waals surface area contributed by atoms with E-state index in [1.54, 1.807) is 24.7 Å². The fourth-order valence-corrected chi connectivity index (χ4v) is 1.78. The average Bonchev–Trinajstić information content (AvgIpc) is 3.01. The van der Waals surface area contributed by atoms with Crippen LogP contribution < -0.4 is 5.56 Å². The first kappa shape index (κ1) is 12.0. The molecule has 20 heavy (non-hydrogen) atoms. The SMILES string of the molecule is O=c1[nH]ccc(-c2ncc[nH]2)c1N=Nc1ccccc1. The van der Waals surface area contributed by atoms with Gasteiger partial charge < -0.3 is 9.97 Å². The standard InChI is InChI=1S/C14H11N5O/c20-14-12(19-18-10-4-2-1-3-5-10)11(6-7-17-14)13-15-8-9-16-13/h1-9H,(H,15,16)(H,17,20). The summed E-state index contributed by atoms with van der Waals surface area (Å²) in [6.07, 6.45) is 4.87. The van der Waals surface area contributed by atoms with Gasteiger partial charge in [0.25, 0.3) is 5.56 Å². The van der Waals surface area contributed by atoms with Crippen LogP contribution >= 0.6 is 0 Å². The summed E-state index contributed by atoms with van der Waals surface area (Å²) in [7, 11) is 0. The zero-order valence-electron chi connectivity index (χ0n) is 10.4. The molecule has 0 spiro atoms. The maximum atomic E-state index is 11.9. The van der Waals surface area contributed by atoms with Gasteiger partial charge in [-0.15, -0.1) is 5.11 Å². The van der Waals surface area contributed by atoms with E-state index in [4.69, 9.17) is 0 Å². The van der Waals surface area contributed by atoms with Gasteiger partial charge in [0.15, 0.2) is 5.69 Å². The molecule has 0 saturated heterocycles. The van der Waals surface area contributed by atoms with Crippen LogP contribution in [0.15, 0.2) is 70.0 Å². The molecule has 6 heteroatoms. The number of nitrogens with one attached hydrogen (secondary N) is 2. The Morgan fingerprint density at radius 2 is 1.80 bits per heavy atom. The predicted octanol–water partition coefficient (Wildman–Crippen LogP) is 3.18. The zero-order valence-corrected chi connectivity index (χ0v) is 10.4. The lowest BCUT2D eigenvalue weighted by Gasteiger charge is -2.00. The van der Waals surface area contributed by atoms with Crippen LogP contribution in [0.1, 0.15) is 0 Å². The number of nitrogens with zero attached hydrogens (tertiary/aromatic N) is 3. The first-order chi connectivity index (χ1) is 9.84. The molecule has 2 N–H and O–H groups in total. The summed E-state index contributed by atoms with van der Waals surface area (Å²) in [5, 5.41) is 8.12. The molecular formula is C14H11N5O. The molecule has 3 rings (SSSR count). The highest BCUT2D eigenvalue weighted by Gasteiger charge is 2.10. The lowest BCUT2D eigenvalue weighted by atomic mass is 10.2. The largest absolute Gasteiger partial charge is 0.345 e. The van der Waals surface area contributed by atoms with E-state index in [1.165, 1.54) is 0 Å². The number of H-pyrrole nitrogens is 2. The predicted molar refractivity (Wildman–Crippen MR) is 75.3 cm³/mol. The molecule has 0 aliphatic rings. The number of aromatic nitrogens is 3. The Kier molecular flexibility index (Phi) is 3.20. The second-order valence-electron chi connectivity index (χ2n) is 4.04. The molecular weight excluding hydrogens is 254 g/mol. The number of imidazole rings is 1. The molecule has 2 heterocycles. The first-order valence-electron chi connectivity index (χ1n) is 6.03. The normalized spacial score (nSPS) is 11.0. The van der Waals surface area contributed by atoms with Crippen molar-refractivity contribution in [1.29, 1.82) is 0 Å². The minimum absolute atomic E-state index is 0.228. The summed E-state index contributed by atoms with van der Waals surface area (Å²) < 4.78 is 0. The molecule has 0 aliphatic heterocycles. The number of hydrogen-bond donors (Lipinski definition) is 2. The van der Waals surface area contributed by atoms with Gasteiger partial charge in [0.1, 0.15) is 5.82 Å².